The van der Waals surface area contributed by atoms with Crippen molar-refractivity contribution in [1.82, 2.24) is 9.71 Å². The SMILES string of the molecule is O=C(O)c1ccc(CNS(=O)(=O)CCc2ccncc2)o1. The van der Waals surface area contributed by atoms with E-state index in [0.29, 0.717) is 6.42 Å². The van der Waals surface area contributed by atoms with E-state index in [4.69, 9.17) is 9.52 Å². The minimum absolute atomic E-state index is 0.0660. The lowest BCUT2D eigenvalue weighted by molar-refractivity contribution is 0.0660. The van der Waals surface area contributed by atoms with Crippen LogP contribution in [0.1, 0.15) is 21.9 Å². The lowest BCUT2D eigenvalue weighted by Crippen LogP contribution is -2.26. The van der Waals surface area contributed by atoms with Gasteiger partial charge in [-0.3, -0.25) is 4.98 Å². The molecule has 0 atom stereocenters. The van der Waals surface area contributed by atoms with Crippen molar-refractivity contribution in [2.24, 2.45) is 0 Å². The van der Waals surface area contributed by atoms with Gasteiger partial charge in [0.2, 0.25) is 15.8 Å². The Labute approximate surface area is 121 Å². The van der Waals surface area contributed by atoms with E-state index >= 15 is 0 Å². The topological polar surface area (TPSA) is 110 Å². The summed E-state index contributed by atoms with van der Waals surface area (Å²) in [5, 5.41) is 8.70. The van der Waals surface area contributed by atoms with Crippen molar-refractivity contribution in [2.75, 3.05) is 5.75 Å². The first-order valence-corrected chi connectivity index (χ1v) is 7.80. The molecular weight excluding hydrogens is 296 g/mol. The number of carbonyl (C=O) groups is 1. The monoisotopic (exact) mass is 310 g/mol. The number of sulfonamides is 1. The highest BCUT2D eigenvalue weighted by molar-refractivity contribution is 7.89. The number of aromatic carboxylic acids is 1. The largest absolute Gasteiger partial charge is 0.475 e. The normalized spacial score (nSPS) is 11.4. The van der Waals surface area contributed by atoms with Crippen LogP contribution >= 0.6 is 0 Å². The molecule has 0 radical (unpaired) electrons. The second kappa shape index (κ2) is 6.51. The van der Waals surface area contributed by atoms with Crippen molar-refractivity contribution >= 4 is 16.0 Å². The van der Waals surface area contributed by atoms with Crippen LogP contribution in [-0.4, -0.2) is 30.2 Å². The summed E-state index contributed by atoms with van der Waals surface area (Å²) in [5.74, 6) is -1.23. The van der Waals surface area contributed by atoms with Crippen molar-refractivity contribution in [2.45, 2.75) is 13.0 Å². The maximum Gasteiger partial charge on any atom is 0.371 e. The summed E-state index contributed by atoms with van der Waals surface area (Å²) in [7, 11) is -3.47. The average Bonchev–Trinajstić information content (AvgIpc) is 2.94. The maximum atomic E-state index is 11.8. The van der Waals surface area contributed by atoms with E-state index in [9.17, 15) is 13.2 Å². The summed E-state index contributed by atoms with van der Waals surface area (Å²) in [6.45, 7) is -0.0774. The first-order chi connectivity index (χ1) is 9.96. The zero-order valence-corrected chi connectivity index (χ0v) is 11.8. The molecule has 0 saturated heterocycles. The Balaban J connectivity index is 1.87. The molecule has 0 spiro atoms. The first-order valence-electron chi connectivity index (χ1n) is 6.14. The highest BCUT2D eigenvalue weighted by Crippen LogP contribution is 2.08. The summed E-state index contributed by atoms with van der Waals surface area (Å²) in [5.41, 5.74) is 0.876. The molecule has 2 rings (SSSR count). The Morgan fingerprint density at radius 3 is 2.57 bits per heavy atom. The third-order valence-corrected chi connectivity index (χ3v) is 4.07. The summed E-state index contributed by atoms with van der Waals surface area (Å²) < 4.78 is 31.0. The molecule has 0 unspecified atom stereocenters. The smallest absolute Gasteiger partial charge is 0.371 e. The van der Waals surface area contributed by atoms with E-state index in [2.05, 4.69) is 9.71 Å². The van der Waals surface area contributed by atoms with Gasteiger partial charge in [-0.1, -0.05) is 0 Å². The number of furan rings is 1. The quantitative estimate of drug-likeness (QED) is 0.790. The third-order valence-electron chi connectivity index (χ3n) is 2.75. The number of nitrogens with one attached hydrogen (secondary N) is 1. The molecular formula is C13H14N2O5S. The Hall–Kier alpha value is -2.19. The molecule has 21 heavy (non-hydrogen) atoms. The molecule has 7 nitrogen and oxygen atoms in total. The lowest BCUT2D eigenvalue weighted by atomic mass is 10.2. The van der Waals surface area contributed by atoms with Crippen molar-refractivity contribution in [1.29, 1.82) is 0 Å². The number of pyridine rings is 1. The fourth-order valence-corrected chi connectivity index (χ4v) is 2.65. The van der Waals surface area contributed by atoms with Crippen LogP contribution in [0.3, 0.4) is 0 Å². The zero-order chi connectivity index (χ0) is 15.3. The summed E-state index contributed by atoms with van der Waals surface area (Å²) in [4.78, 5) is 14.5. The predicted molar refractivity (Wildman–Crippen MR) is 74.2 cm³/mol. The molecule has 2 N–H and O–H groups in total. The van der Waals surface area contributed by atoms with Gasteiger partial charge in [0.15, 0.2) is 0 Å². The van der Waals surface area contributed by atoms with Crippen molar-refractivity contribution in [3.05, 3.63) is 53.7 Å². The summed E-state index contributed by atoms with van der Waals surface area (Å²) in [6.07, 6.45) is 3.58. The van der Waals surface area contributed by atoms with Gasteiger partial charge >= 0.3 is 5.97 Å². The number of hydrogen-bond donors (Lipinski definition) is 2. The second-order valence-electron chi connectivity index (χ2n) is 4.32. The summed E-state index contributed by atoms with van der Waals surface area (Å²) >= 11 is 0. The van der Waals surface area contributed by atoms with Crippen LogP contribution in [0.5, 0.6) is 0 Å². The Kier molecular flexibility index (Phi) is 4.71. The molecule has 0 aliphatic carbocycles. The molecule has 112 valence electrons. The minimum Gasteiger partial charge on any atom is -0.475 e. The Morgan fingerprint density at radius 1 is 1.24 bits per heavy atom. The molecule has 0 aliphatic heterocycles. The van der Waals surface area contributed by atoms with Gasteiger partial charge < -0.3 is 9.52 Å². The van der Waals surface area contributed by atoms with Crippen molar-refractivity contribution in [3.8, 4) is 0 Å². The molecule has 8 heteroatoms. The molecule has 0 fully saturated rings. The average molecular weight is 310 g/mol. The number of hydrogen-bond acceptors (Lipinski definition) is 5. The Morgan fingerprint density at radius 2 is 1.95 bits per heavy atom. The molecule has 0 bridgehead atoms. The van der Waals surface area contributed by atoms with Crippen LogP contribution in [-0.2, 0) is 23.0 Å². The van der Waals surface area contributed by atoms with Gasteiger partial charge in [0, 0.05) is 12.4 Å². The fraction of sp³-hybridized carbons (Fsp3) is 0.231. The number of rotatable bonds is 7. The van der Waals surface area contributed by atoms with Gasteiger partial charge in [-0.05, 0) is 36.2 Å². The first kappa shape index (κ1) is 15.2. The van der Waals surface area contributed by atoms with Crippen molar-refractivity contribution in [3.63, 3.8) is 0 Å². The van der Waals surface area contributed by atoms with Crippen LogP contribution < -0.4 is 4.72 Å². The molecule has 0 saturated carbocycles. The van der Waals surface area contributed by atoms with Crippen LogP contribution in [0, 0.1) is 0 Å². The molecule has 2 aromatic heterocycles. The number of carboxylic acid groups (broad SMARTS) is 1. The molecule has 2 heterocycles. The fourth-order valence-electron chi connectivity index (χ4n) is 1.64. The van der Waals surface area contributed by atoms with Gasteiger partial charge in [-0.15, -0.1) is 0 Å². The van der Waals surface area contributed by atoms with Gasteiger partial charge in [0.05, 0.1) is 12.3 Å². The number of aryl methyl sites for hydroxylation is 1. The van der Waals surface area contributed by atoms with E-state index in [0.717, 1.165) is 5.56 Å². The van der Waals surface area contributed by atoms with E-state index in [1.807, 2.05) is 0 Å². The molecule has 2 aromatic rings. The standard InChI is InChI=1S/C13H14N2O5S/c16-13(17)12-2-1-11(20-12)9-15-21(18,19)8-5-10-3-6-14-7-4-10/h1-4,6-7,15H,5,8-9H2,(H,16,17). The molecule has 0 amide bonds. The predicted octanol–water partition coefficient (Wildman–Crippen LogP) is 1.03. The van der Waals surface area contributed by atoms with Crippen LogP contribution in [0.25, 0.3) is 0 Å². The van der Waals surface area contributed by atoms with Crippen LogP contribution in [0.2, 0.25) is 0 Å². The Bertz CT molecular complexity index is 709. The third kappa shape index (κ3) is 4.69. The number of nitrogens with zero attached hydrogens (tertiary/aromatic N) is 1. The van der Waals surface area contributed by atoms with E-state index in [1.165, 1.54) is 12.1 Å². The summed E-state index contributed by atoms with van der Waals surface area (Å²) in [6, 6.07) is 6.21. The van der Waals surface area contributed by atoms with Crippen LogP contribution in [0.4, 0.5) is 0 Å². The highest BCUT2D eigenvalue weighted by Gasteiger charge is 2.13. The lowest BCUT2D eigenvalue weighted by Gasteiger charge is -2.05. The molecule has 0 aliphatic rings. The highest BCUT2D eigenvalue weighted by atomic mass is 32.2. The molecule has 0 aromatic carbocycles. The van der Waals surface area contributed by atoms with Gasteiger partial charge in [0.25, 0.3) is 0 Å². The van der Waals surface area contributed by atoms with E-state index < -0.39 is 16.0 Å². The maximum absolute atomic E-state index is 11.8. The van der Waals surface area contributed by atoms with E-state index in [-0.39, 0.29) is 23.8 Å². The van der Waals surface area contributed by atoms with Gasteiger partial charge in [0.1, 0.15) is 5.76 Å². The van der Waals surface area contributed by atoms with Gasteiger partial charge in [-0.2, -0.15) is 0 Å². The number of carboxylic acids is 1. The van der Waals surface area contributed by atoms with Gasteiger partial charge in [-0.25, -0.2) is 17.9 Å². The zero-order valence-electron chi connectivity index (χ0n) is 11.0. The van der Waals surface area contributed by atoms with Crippen LogP contribution in [0.15, 0.2) is 41.1 Å². The van der Waals surface area contributed by atoms with E-state index in [1.54, 1.807) is 24.5 Å². The second-order valence-corrected chi connectivity index (χ2v) is 6.24. The minimum atomic E-state index is -3.47. The number of aromatic nitrogens is 1. The van der Waals surface area contributed by atoms with Crippen molar-refractivity contribution < 1.29 is 22.7 Å².